The second-order valence-corrected chi connectivity index (χ2v) is 8.08. The highest BCUT2D eigenvalue weighted by atomic mass is 16.1. The van der Waals surface area contributed by atoms with E-state index in [-0.39, 0.29) is 5.91 Å². The zero-order valence-electron chi connectivity index (χ0n) is 18.0. The van der Waals surface area contributed by atoms with Crippen molar-refractivity contribution < 1.29 is 4.79 Å². The number of aryl methyl sites for hydroxylation is 1. The number of carbonyl (C=O) groups is 1. The number of amides is 1. The minimum atomic E-state index is 0.107. The summed E-state index contributed by atoms with van der Waals surface area (Å²) >= 11 is 0. The molecule has 2 aromatic carbocycles. The second kappa shape index (κ2) is 10.9. The Hall–Kier alpha value is -2.96. The number of carbonyl (C=O) groups excluding carboxylic acids is 1. The van der Waals surface area contributed by atoms with E-state index in [1.165, 1.54) is 5.56 Å². The van der Waals surface area contributed by atoms with E-state index in [4.69, 9.17) is 0 Å². The van der Waals surface area contributed by atoms with Crippen LogP contribution in [0, 0.1) is 0 Å². The minimum absolute atomic E-state index is 0.107. The number of nitrogens with one attached hydrogen (secondary N) is 1. The molecular formula is C25H31N5O. The minimum Gasteiger partial charge on any atom is -0.355 e. The summed E-state index contributed by atoms with van der Waals surface area (Å²) in [5.74, 6) is 0.107. The Kier molecular flexibility index (Phi) is 7.47. The normalized spacial score (nSPS) is 15.1. The molecule has 0 spiro atoms. The van der Waals surface area contributed by atoms with Crippen molar-refractivity contribution in [1.29, 1.82) is 0 Å². The van der Waals surface area contributed by atoms with Gasteiger partial charge in [0.05, 0.1) is 11.9 Å². The number of aromatic nitrogens is 2. The summed E-state index contributed by atoms with van der Waals surface area (Å²) < 4.78 is 1.85. The lowest BCUT2D eigenvalue weighted by Gasteiger charge is -2.34. The van der Waals surface area contributed by atoms with E-state index in [0.29, 0.717) is 19.4 Å². The molecule has 0 unspecified atom stereocenters. The van der Waals surface area contributed by atoms with Crippen molar-refractivity contribution in [3.05, 3.63) is 84.2 Å². The number of hydrogen-bond donors (Lipinski definition) is 1. The number of benzene rings is 2. The molecule has 1 aliphatic heterocycles. The molecule has 1 saturated heterocycles. The maximum Gasteiger partial charge on any atom is 0.220 e. The molecule has 0 radical (unpaired) electrons. The van der Waals surface area contributed by atoms with Crippen LogP contribution in [0.2, 0.25) is 0 Å². The lowest BCUT2D eigenvalue weighted by molar-refractivity contribution is -0.121. The smallest absolute Gasteiger partial charge is 0.220 e. The zero-order valence-corrected chi connectivity index (χ0v) is 18.0. The third kappa shape index (κ3) is 6.51. The van der Waals surface area contributed by atoms with Gasteiger partial charge >= 0.3 is 0 Å². The average Bonchev–Trinajstić information content (AvgIpc) is 3.29. The number of nitrogens with zero attached hydrogens (tertiary/aromatic N) is 4. The molecule has 2 heterocycles. The van der Waals surface area contributed by atoms with Crippen molar-refractivity contribution in [2.45, 2.75) is 19.4 Å². The van der Waals surface area contributed by atoms with Gasteiger partial charge in [0.15, 0.2) is 0 Å². The maximum atomic E-state index is 12.2. The van der Waals surface area contributed by atoms with Gasteiger partial charge in [-0.1, -0.05) is 48.5 Å². The number of hydrogen-bond acceptors (Lipinski definition) is 4. The molecule has 1 amide bonds. The van der Waals surface area contributed by atoms with Gasteiger partial charge in [0.1, 0.15) is 0 Å². The molecule has 6 nitrogen and oxygen atoms in total. The monoisotopic (exact) mass is 417 g/mol. The van der Waals surface area contributed by atoms with Gasteiger partial charge in [-0.05, 0) is 29.7 Å². The van der Waals surface area contributed by atoms with Crippen LogP contribution in [0.1, 0.15) is 17.5 Å². The van der Waals surface area contributed by atoms with Crippen molar-refractivity contribution in [3.8, 4) is 5.69 Å². The predicted octanol–water partition coefficient (Wildman–Crippen LogP) is 2.74. The van der Waals surface area contributed by atoms with E-state index in [1.54, 1.807) is 0 Å². The van der Waals surface area contributed by atoms with Crippen LogP contribution >= 0.6 is 0 Å². The molecule has 0 aliphatic carbocycles. The number of rotatable bonds is 9. The largest absolute Gasteiger partial charge is 0.355 e. The summed E-state index contributed by atoms with van der Waals surface area (Å²) in [7, 11) is 0. The Labute approximate surface area is 184 Å². The van der Waals surface area contributed by atoms with E-state index in [1.807, 2.05) is 47.4 Å². The average molecular weight is 418 g/mol. The molecule has 1 fully saturated rings. The quantitative estimate of drug-likeness (QED) is 0.582. The topological polar surface area (TPSA) is 53.4 Å². The Morgan fingerprint density at radius 3 is 2.29 bits per heavy atom. The first kappa shape index (κ1) is 21.3. The van der Waals surface area contributed by atoms with Crippen molar-refractivity contribution in [1.82, 2.24) is 24.9 Å². The molecule has 3 aromatic rings. The van der Waals surface area contributed by atoms with Crippen LogP contribution in [-0.4, -0.2) is 64.8 Å². The highest BCUT2D eigenvalue weighted by molar-refractivity contribution is 5.76. The van der Waals surface area contributed by atoms with Crippen LogP contribution in [0.3, 0.4) is 0 Å². The van der Waals surface area contributed by atoms with Crippen molar-refractivity contribution in [2.24, 2.45) is 0 Å². The van der Waals surface area contributed by atoms with Gasteiger partial charge in [-0.3, -0.25) is 14.6 Å². The summed E-state index contributed by atoms with van der Waals surface area (Å²) in [4.78, 5) is 17.2. The summed E-state index contributed by atoms with van der Waals surface area (Å²) in [6, 6.07) is 20.7. The van der Waals surface area contributed by atoms with Crippen LogP contribution in [-0.2, 0) is 17.8 Å². The third-order valence-corrected chi connectivity index (χ3v) is 5.76. The van der Waals surface area contributed by atoms with Gasteiger partial charge in [-0.25, -0.2) is 4.68 Å². The van der Waals surface area contributed by atoms with Crippen molar-refractivity contribution in [2.75, 3.05) is 39.3 Å². The standard InChI is InChI=1S/C25H31N5O/c31-25(12-11-23-19-27-30(21-23)24-9-5-2-6-10-24)26-13-14-28-15-17-29(18-16-28)20-22-7-3-1-4-8-22/h1-10,19,21H,11-18,20H2,(H,26,31). The summed E-state index contributed by atoms with van der Waals surface area (Å²) in [5, 5.41) is 7.46. The zero-order chi connectivity index (χ0) is 21.3. The predicted molar refractivity (Wildman–Crippen MR) is 123 cm³/mol. The summed E-state index contributed by atoms with van der Waals surface area (Å²) in [6.07, 6.45) is 5.04. The number of piperazine rings is 1. The van der Waals surface area contributed by atoms with Crippen LogP contribution < -0.4 is 5.32 Å². The van der Waals surface area contributed by atoms with E-state index >= 15 is 0 Å². The van der Waals surface area contributed by atoms with E-state index in [2.05, 4.69) is 50.5 Å². The first-order valence-electron chi connectivity index (χ1n) is 11.1. The third-order valence-electron chi connectivity index (χ3n) is 5.76. The molecule has 6 heteroatoms. The van der Waals surface area contributed by atoms with Gasteiger partial charge in [-0.2, -0.15) is 5.10 Å². The van der Waals surface area contributed by atoms with Gasteiger partial charge < -0.3 is 5.32 Å². The summed E-state index contributed by atoms with van der Waals surface area (Å²) in [5.41, 5.74) is 3.48. The number of para-hydroxylation sites is 1. The highest BCUT2D eigenvalue weighted by Crippen LogP contribution is 2.10. The first-order valence-corrected chi connectivity index (χ1v) is 11.1. The lowest BCUT2D eigenvalue weighted by Crippen LogP contribution is -2.48. The fraction of sp³-hybridized carbons (Fsp3) is 0.360. The lowest BCUT2D eigenvalue weighted by atomic mass is 10.2. The van der Waals surface area contributed by atoms with Crippen molar-refractivity contribution in [3.63, 3.8) is 0 Å². The first-order chi connectivity index (χ1) is 15.3. The molecule has 4 rings (SSSR count). The molecule has 162 valence electrons. The SMILES string of the molecule is O=C(CCc1cnn(-c2ccccc2)c1)NCCN1CCN(Cc2ccccc2)CC1. The molecule has 1 N–H and O–H groups in total. The molecular weight excluding hydrogens is 386 g/mol. The highest BCUT2D eigenvalue weighted by Gasteiger charge is 2.16. The molecule has 0 bridgehead atoms. The molecule has 1 aliphatic rings. The van der Waals surface area contributed by atoms with Crippen LogP contribution in [0.4, 0.5) is 0 Å². The molecule has 0 saturated carbocycles. The molecule has 31 heavy (non-hydrogen) atoms. The Balaban J connectivity index is 1.10. The van der Waals surface area contributed by atoms with Gasteiger partial charge in [0.2, 0.25) is 5.91 Å². The van der Waals surface area contributed by atoms with Crippen LogP contribution in [0.15, 0.2) is 73.1 Å². The Morgan fingerprint density at radius 1 is 0.871 bits per heavy atom. The van der Waals surface area contributed by atoms with Gasteiger partial charge in [0.25, 0.3) is 0 Å². The summed E-state index contributed by atoms with van der Waals surface area (Å²) in [6.45, 7) is 6.91. The van der Waals surface area contributed by atoms with E-state index in [0.717, 1.165) is 50.5 Å². The second-order valence-electron chi connectivity index (χ2n) is 8.08. The molecule has 1 aromatic heterocycles. The van der Waals surface area contributed by atoms with E-state index < -0.39 is 0 Å². The Morgan fingerprint density at radius 2 is 1.55 bits per heavy atom. The molecule has 0 atom stereocenters. The van der Waals surface area contributed by atoms with E-state index in [9.17, 15) is 4.79 Å². The maximum absolute atomic E-state index is 12.2. The Bertz CT molecular complexity index is 933. The van der Waals surface area contributed by atoms with Gasteiger partial charge in [-0.15, -0.1) is 0 Å². The van der Waals surface area contributed by atoms with Crippen LogP contribution in [0.25, 0.3) is 5.69 Å². The van der Waals surface area contributed by atoms with Crippen molar-refractivity contribution >= 4 is 5.91 Å². The van der Waals surface area contributed by atoms with Gasteiger partial charge in [0, 0.05) is 58.4 Å². The van der Waals surface area contributed by atoms with Crippen LogP contribution in [0.5, 0.6) is 0 Å². The fourth-order valence-electron chi connectivity index (χ4n) is 3.92. The fourth-order valence-corrected chi connectivity index (χ4v) is 3.92.